The number of nitrogens with one attached hydrogen (secondary N) is 1. The molecule has 2 aromatic rings. The number of ether oxygens (including phenoxy) is 1. The van der Waals surface area contributed by atoms with Crippen LogP contribution in [0.15, 0.2) is 42.1 Å². The number of carbonyl (C=O) groups excluding carboxylic acids is 1. The smallest absolute Gasteiger partial charge is 0.216 e. The Morgan fingerprint density at radius 3 is 2.83 bits per heavy atom. The predicted octanol–water partition coefficient (Wildman–Crippen LogP) is 2.41. The number of carbonyl (C=O) groups is 1. The number of halogens is 1. The zero-order valence-electron chi connectivity index (χ0n) is 13.4. The lowest BCUT2D eigenvalue weighted by Crippen LogP contribution is -2.22. The highest BCUT2D eigenvalue weighted by molar-refractivity contribution is 7.99. The second-order valence-electron chi connectivity index (χ2n) is 4.87. The van der Waals surface area contributed by atoms with Gasteiger partial charge in [0.15, 0.2) is 11.0 Å². The number of thioether (sulfide) groups is 1. The van der Waals surface area contributed by atoms with Crippen molar-refractivity contribution in [2.45, 2.75) is 25.2 Å². The van der Waals surface area contributed by atoms with E-state index in [9.17, 15) is 9.18 Å². The van der Waals surface area contributed by atoms with Crippen molar-refractivity contribution in [2.75, 3.05) is 12.3 Å². The average Bonchev–Trinajstić information content (AvgIpc) is 2.93. The largest absolute Gasteiger partial charge is 0.486 e. The zero-order chi connectivity index (χ0) is 17.4. The van der Waals surface area contributed by atoms with Crippen molar-refractivity contribution in [1.82, 2.24) is 20.1 Å². The van der Waals surface area contributed by atoms with Gasteiger partial charge >= 0.3 is 0 Å². The van der Waals surface area contributed by atoms with Gasteiger partial charge in [0, 0.05) is 25.8 Å². The molecule has 0 radical (unpaired) electrons. The number of benzene rings is 1. The molecule has 1 aromatic heterocycles. The standard InChI is InChI=1S/C16H19FN4O2S/c1-3-9-21-15(11-23-14-6-4-13(17)5-7-14)19-20-16(21)24-10-8-18-12(2)22/h3-7H,1,8-11H2,2H3,(H,18,22). The van der Waals surface area contributed by atoms with Gasteiger partial charge in [-0.1, -0.05) is 17.8 Å². The maximum atomic E-state index is 12.9. The normalized spacial score (nSPS) is 10.4. The van der Waals surface area contributed by atoms with Crippen LogP contribution in [0.3, 0.4) is 0 Å². The molecule has 0 bridgehead atoms. The quantitative estimate of drug-likeness (QED) is 0.427. The van der Waals surface area contributed by atoms with Gasteiger partial charge in [0.05, 0.1) is 0 Å². The van der Waals surface area contributed by atoms with Crippen molar-refractivity contribution >= 4 is 17.7 Å². The highest BCUT2D eigenvalue weighted by atomic mass is 32.2. The van der Waals surface area contributed by atoms with E-state index in [1.165, 1.54) is 30.8 Å². The van der Waals surface area contributed by atoms with Crippen LogP contribution in [0.2, 0.25) is 0 Å². The number of aromatic nitrogens is 3. The number of amides is 1. The van der Waals surface area contributed by atoms with Crippen LogP contribution < -0.4 is 10.1 Å². The fraction of sp³-hybridized carbons (Fsp3) is 0.312. The van der Waals surface area contributed by atoms with Gasteiger partial charge < -0.3 is 10.1 Å². The van der Waals surface area contributed by atoms with Crippen molar-refractivity contribution in [1.29, 1.82) is 0 Å². The van der Waals surface area contributed by atoms with E-state index < -0.39 is 0 Å². The number of hydrogen-bond acceptors (Lipinski definition) is 5. The molecule has 1 heterocycles. The summed E-state index contributed by atoms with van der Waals surface area (Å²) in [7, 11) is 0. The molecule has 0 unspecified atom stereocenters. The molecule has 128 valence electrons. The topological polar surface area (TPSA) is 69.0 Å². The predicted molar refractivity (Wildman–Crippen MR) is 90.4 cm³/mol. The minimum atomic E-state index is -0.310. The highest BCUT2D eigenvalue weighted by Crippen LogP contribution is 2.18. The van der Waals surface area contributed by atoms with Gasteiger partial charge in [-0.25, -0.2) is 4.39 Å². The molecule has 0 spiro atoms. The maximum absolute atomic E-state index is 12.9. The second-order valence-corrected chi connectivity index (χ2v) is 5.93. The highest BCUT2D eigenvalue weighted by Gasteiger charge is 2.12. The lowest BCUT2D eigenvalue weighted by molar-refractivity contribution is -0.118. The van der Waals surface area contributed by atoms with Gasteiger partial charge in [0.25, 0.3) is 0 Å². The van der Waals surface area contributed by atoms with E-state index >= 15 is 0 Å². The van der Waals surface area contributed by atoms with E-state index in [0.29, 0.717) is 30.4 Å². The van der Waals surface area contributed by atoms with Gasteiger partial charge in [-0.3, -0.25) is 9.36 Å². The first-order chi connectivity index (χ1) is 11.6. The van der Waals surface area contributed by atoms with Crippen LogP contribution in [0.4, 0.5) is 4.39 Å². The third kappa shape index (κ3) is 5.38. The van der Waals surface area contributed by atoms with E-state index in [1.54, 1.807) is 18.2 Å². The molecule has 0 aliphatic heterocycles. The fourth-order valence-corrected chi connectivity index (χ4v) is 2.71. The van der Waals surface area contributed by atoms with Crippen molar-refractivity contribution in [2.24, 2.45) is 0 Å². The first-order valence-electron chi connectivity index (χ1n) is 7.38. The van der Waals surface area contributed by atoms with E-state index in [4.69, 9.17) is 4.74 Å². The zero-order valence-corrected chi connectivity index (χ0v) is 14.2. The molecule has 0 saturated carbocycles. The second kappa shape index (κ2) is 9.07. The Labute approximate surface area is 144 Å². The summed E-state index contributed by atoms with van der Waals surface area (Å²) in [5.74, 6) is 1.53. The molecule has 6 nitrogen and oxygen atoms in total. The Hall–Kier alpha value is -2.35. The third-order valence-corrected chi connectivity index (χ3v) is 3.96. The first kappa shape index (κ1) is 18.0. The molecule has 24 heavy (non-hydrogen) atoms. The van der Waals surface area contributed by atoms with Crippen LogP contribution in [-0.2, 0) is 17.9 Å². The summed E-state index contributed by atoms with van der Waals surface area (Å²) in [6.07, 6.45) is 1.75. The van der Waals surface area contributed by atoms with E-state index in [1.807, 2.05) is 4.57 Å². The average molecular weight is 350 g/mol. The van der Waals surface area contributed by atoms with Crippen molar-refractivity contribution in [3.05, 3.63) is 48.6 Å². The van der Waals surface area contributed by atoms with Crippen molar-refractivity contribution in [3.63, 3.8) is 0 Å². The maximum Gasteiger partial charge on any atom is 0.216 e. The van der Waals surface area contributed by atoms with Crippen LogP contribution >= 0.6 is 11.8 Å². The lowest BCUT2D eigenvalue weighted by atomic mass is 10.3. The Kier molecular flexibility index (Phi) is 6.80. The number of allylic oxidation sites excluding steroid dienone is 1. The molecule has 0 atom stereocenters. The minimum absolute atomic E-state index is 0.0588. The summed E-state index contributed by atoms with van der Waals surface area (Å²) < 4.78 is 20.4. The Balaban J connectivity index is 1.97. The molecule has 1 amide bonds. The summed E-state index contributed by atoms with van der Waals surface area (Å²) in [4.78, 5) is 10.9. The first-order valence-corrected chi connectivity index (χ1v) is 8.37. The number of hydrogen-bond donors (Lipinski definition) is 1. The summed E-state index contributed by atoms with van der Waals surface area (Å²) >= 11 is 1.50. The van der Waals surface area contributed by atoms with Crippen LogP contribution in [0, 0.1) is 5.82 Å². The molecule has 8 heteroatoms. The van der Waals surface area contributed by atoms with Gasteiger partial charge in [-0.05, 0) is 24.3 Å². The SMILES string of the molecule is C=CCn1c(COc2ccc(F)cc2)nnc1SCCNC(C)=O. The molecular weight excluding hydrogens is 331 g/mol. The van der Waals surface area contributed by atoms with Gasteiger partial charge in [0.2, 0.25) is 5.91 Å². The molecule has 0 aliphatic carbocycles. The van der Waals surface area contributed by atoms with Gasteiger partial charge in [-0.15, -0.1) is 16.8 Å². The molecule has 1 aromatic carbocycles. The van der Waals surface area contributed by atoms with E-state index in [2.05, 4.69) is 22.1 Å². The molecule has 0 aliphatic rings. The molecule has 0 saturated heterocycles. The van der Waals surface area contributed by atoms with Crippen molar-refractivity contribution in [3.8, 4) is 5.75 Å². The van der Waals surface area contributed by atoms with Gasteiger partial charge in [0.1, 0.15) is 18.2 Å². The van der Waals surface area contributed by atoms with Crippen molar-refractivity contribution < 1.29 is 13.9 Å². The molecule has 2 rings (SSSR count). The summed E-state index contributed by atoms with van der Waals surface area (Å²) in [5, 5.41) is 11.8. The van der Waals surface area contributed by atoms with E-state index in [0.717, 1.165) is 5.16 Å². The van der Waals surface area contributed by atoms with Gasteiger partial charge in [-0.2, -0.15) is 0 Å². The Morgan fingerprint density at radius 2 is 2.17 bits per heavy atom. The van der Waals surface area contributed by atoms with Crippen LogP contribution in [0.5, 0.6) is 5.75 Å². The summed E-state index contributed by atoms with van der Waals surface area (Å²) in [5.41, 5.74) is 0. The molecular formula is C16H19FN4O2S. The summed E-state index contributed by atoms with van der Waals surface area (Å²) in [6.45, 7) is 6.55. The number of rotatable bonds is 9. The Bertz CT molecular complexity index is 688. The third-order valence-electron chi connectivity index (χ3n) is 2.99. The Morgan fingerprint density at radius 1 is 1.42 bits per heavy atom. The van der Waals surface area contributed by atoms with Crippen LogP contribution in [0.1, 0.15) is 12.7 Å². The molecule has 1 N–H and O–H groups in total. The lowest BCUT2D eigenvalue weighted by Gasteiger charge is -2.09. The summed E-state index contributed by atoms with van der Waals surface area (Å²) in [6, 6.07) is 5.81. The van der Waals surface area contributed by atoms with Crippen LogP contribution in [-0.4, -0.2) is 33.0 Å². The minimum Gasteiger partial charge on any atom is -0.486 e. The number of nitrogens with zero attached hydrogens (tertiary/aromatic N) is 3. The van der Waals surface area contributed by atoms with E-state index in [-0.39, 0.29) is 18.3 Å². The fourth-order valence-electron chi connectivity index (χ4n) is 1.89. The van der Waals surface area contributed by atoms with Crippen LogP contribution in [0.25, 0.3) is 0 Å². The monoisotopic (exact) mass is 350 g/mol. The molecule has 0 fully saturated rings.